The zero-order valence-corrected chi connectivity index (χ0v) is 22.7. The third-order valence-corrected chi connectivity index (χ3v) is 13.5. The summed E-state index contributed by atoms with van der Waals surface area (Å²) < 4.78 is 0. The Kier molecular flexibility index (Phi) is 5.73. The monoisotopic (exact) mass is 488 g/mol. The standard InChI is InChI=1S/C30H48O5/c1-17-9-12-30(25(34)35)14-13-28(5)19(23(30)18(17)2)7-8-22-26(3)15-20(32)24(33)27(4,16-31)21(26)10-11-29(22,28)6/h7,17-18,20-24,31-33H,8-16H2,1-6H3,(H,34,35)/t17-,18+,20+,21+,22-,23+,24+,26+,27+,28-,29-,30+/m1/s1. The van der Waals surface area contributed by atoms with Gasteiger partial charge in [0.05, 0.1) is 24.2 Å². The molecular formula is C30H48O5. The fourth-order valence-corrected chi connectivity index (χ4v) is 11.0. The summed E-state index contributed by atoms with van der Waals surface area (Å²) in [6.07, 6.45) is 7.51. The van der Waals surface area contributed by atoms with Gasteiger partial charge in [0.1, 0.15) is 0 Å². The number of hydrogen-bond donors (Lipinski definition) is 4. The highest BCUT2D eigenvalue weighted by atomic mass is 16.4. The zero-order chi connectivity index (χ0) is 25.8. The van der Waals surface area contributed by atoms with Gasteiger partial charge in [-0.2, -0.15) is 0 Å². The number of rotatable bonds is 2. The van der Waals surface area contributed by atoms with Gasteiger partial charge in [0, 0.05) is 5.41 Å². The maximum atomic E-state index is 12.8. The van der Waals surface area contributed by atoms with Crippen LogP contribution in [0.5, 0.6) is 0 Å². The van der Waals surface area contributed by atoms with Gasteiger partial charge in [0.25, 0.3) is 0 Å². The molecule has 5 aliphatic carbocycles. The number of aliphatic hydroxyl groups excluding tert-OH is 3. The van der Waals surface area contributed by atoms with Gasteiger partial charge in [-0.1, -0.05) is 53.2 Å². The molecule has 0 aromatic carbocycles. The molecule has 198 valence electrons. The first kappa shape index (κ1) is 25.7. The SMILES string of the molecule is C[C@H]1[C@H](C)CC[C@]2(C(=O)O)CC[C@]3(C)C(=CC[C@@H]4[C@@]5(C)C[C@H](O)[C@H](O)[C@@](C)(CO)[C@H]5CC[C@]43C)[C@H]12. The van der Waals surface area contributed by atoms with Gasteiger partial charge in [0.2, 0.25) is 0 Å². The molecule has 0 heterocycles. The van der Waals surface area contributed by atoms with Crippen molar-refractivity contribution in [3.05, 3.63) is 11.6 Å². The minimum atomic E-state index is -0.907. The molecule has 0 saturated heterocycles. The number of hydrogen-bond acceptors (Lipinski definition) is 4. The largest absolute Gasteiger partial charge is 0.481 e. The van der Waals surface area contributed by atoms with E-state index in [-0.39, 0.29) is 34.7 Å². The topological polar surface area (TPSA) is 98.0 Å². The number of carbonyl (C=O) groups is 1. The Morgan fingerprint density at radius 3 is 2.31 bits per heavy atom. The molecule has 12 atom stereocenters. The molecule has 0 aromatic rings. The number of aliphatic hydroxyl groups is 3. The Hall–Kier alpha value is -0.910. The molecule has 4 saturated carbocycles. The lowest BCUT2D eigenvalue weighted by molar-refractivity contribution is -0.244. The number of carboxylic acids is 1. The molecule has 5 heteroatoms. The van der Waals surface area contributed by atoms with E-state index >= 15 is 0 Å². The molecular weight excluding hydrogens is 440 g/mol. The van der Waals surface area contributed by atoms with Gasteiger partial charge >= 0.3 is 5.97 Å². The number of carboxylic acid groups (broad SMARTS) is 1. The summed E-state index contributed by atoms with van der Waals surface area (Å²) in [4.78, 5) is 12.8. The highest BCUT2D eigenvalue weighted by Gasteiger charge is 2.70. The van der Waals surface area contributed by atoms with E-state index < -0.39 is 29.0 Å². The van der Waals surface area contributed by atoms with Gasteiger partial charge in [-0.05, 0) is 97.2 Å². The van der Waals surface area contributed by atoms with Crippen LogP contribution in [0.15, 0.2) is 11.6 Å². The molecule has 5 aliphatic rings. The Morgan fingerprint density at radius 1 is 1.00 bits per heavy atom. The predicted molar refractivity (Wildman–Crippen MR) is 135 cm³/mol. The second-order valence-electron chi connectivity index (χ2n) is 14.5. The molecule has 4 fully saturated rings. The summed E-state index contributed by atoms with van der Waals surface area (Å²) in [5, 5.41) is 42.9. The third kappa shape index (κ3) is 2.95. The van der Waals surface area contributed by atoms with E-state index in [9.17, 15) is 25.2 Å². The lowest BCUT2D eigenvalue weighted by Crippen LogP contribution is -2.68. The first-order chi connectivity index (χ1) is 16.2. The Labute approximate surface area is 211 Å². The lowest BCUT2D eigenvalue weighted by atomic mass is 9.33. The van der Waals surface area contributed by atoms with Crippen molar-refractivity contribution in [2.24, 2.45) is 56.7 Å². The molecule has 0 bridgehead atoms. The highest BCUT2D eigenvalue weighted by molar-refractivity contribution is 5.76. The summed E-state index contributed by atoms with van der Waals surface area (Å²) in [5.74, 6) is 0.828. The van der Waals surface area contributed by atoms with Gasteiger partial charge in [-0.25, -0.2) is 0 Å². The summed E-state index contributed by atoms with van der Waals surface area (Å²) in [6, 6.07) is 0. The Balaban J connectivity index is 1.62. The average Bonchev–Trinajstić information content (AvgIpc) is 2.80. The summed E-state index contributed by atoms with van der Waals surface area (Å²) in [5.41, 5.74) is -0.214. The summed E-state index contributed by atoms with van der Waals surface area (Å²) in [7, 11) is 0. The smallest absolute Gasteiger partial charge is 0.310 e. The van der Waals surface area contributed by atoms with Gasteiger partial charge in [-0.3, -0.25) is 4.79 Å². The van der Waals surface area contributed by atoms with Crippen molar-refractivity contribution in [2.45, 2.75) is 105 Å². The van der Waals surface area contributed by atoms with Crippen LogP contribution in [0.2, 0.25) is 0 Å². The molecule has 0 amide bonds. The summed E-state index contributed by atoms with van der Waals surface area (Å²) in [6.45, 7) is 13.6. The molecule has 0 spiro atoms. The van der Waals surface area contributed by atoms with Crippen molar-refractivity contribution in [1.82, 2.24) is 0 Å². The van der Waals surface area contributed by atoms with Crippen LogP contribution in [-0.2, 0) is 4.79 Å². The number of fused-ring (bicyclic) bond motifs is 7. The van der Waals surface area contributed by atoms with Crippen molar-refractivity contribution in [3.63, 3.8) is 0 Å². The van der Waals surface area contributed by atoms with E-state index in [1.54, 1.807) is 0 Å². The first-order valence-corrected chi connectivity index (χ1v) is 14.1. The fraction of sp³-hybridized carbons (Fsp3) is 0.900. The predicted octanol–water partition coefficient (Wildman–Crippen LogP) is 5.03. The van der Waals surface area contributed by atoms with E-state index in [4.69, 9.17) is 0 Å². The second-order valence-corrected chi connectivity index (χ2v) is 14.5. The first-order valence-electron chi connectivity index (χ1n) is 14.1. The van der Waals surface area contributed by atoms with E-state index in [1.807, 2.05) is 6.92 Å². The van der Waals surface area contributed by atoms with Crippen LogP contribution in [-0.4, -0.2) is 45.2 Å². The van der Waals surface area contributed by atoms with Crippen LogP contribution in [0.4, 0.5) is 0 Å². The molecule has 0 unspecified atom stereocenters. The number of aliphatic carboxylic acids is 1. The van der Waals surface area contributed by atoms with Crippen LogP contribution >= 0.6 is 0 Å². The van der Waals surface area contributed by atoms with Crippen LogP contribution < -0.4 is 0 Å². The molecule has 0 aliphatic heterocycles. The van der Waals surface area contributed by atoms with Crippen molar-refractivity contribution in [3.8, 4) is 0 Å². The van der Waals surface area contributed by atoms with Gasteiger partial charge in [0.15, 0.2) is 0 Å². The van der Waals surface area contributed by atoms with Crippen molar-refractivity contribution >= 4 is 5.97 Å². The highest BCUT2D eigenvalue weighted by Crippen LogP contribution is 2.75. The molecule has 4 N–H and O–H groups in total. The Bertz CT molecular complexity index is 930. The van der Waals surface area contributed by atoms with Gasteiger partial charge in [-0.15, -0.1) is 0 Å². The normalized spacial score (nSPS) is 57.7. The van der Waals surface area contributed by atoms with E-state index in [2.05, 4.69) is 40.7 Å². The van der Waals surface area contributed by atoms with E-state index in [0.717, 1.165) is 44.9 Å². The van der Waals surface area contributed by atoms with Crippen molar-refractivity contribution in [1.29, 1.82) is 0 Å². The zero-order valence-electron chi connectivity index (χ0n) is 22.7. The molecule has 35 heavy (non-hydrogen) atoms. The van der Waals surface area contributed by atoms with Crippen LogP contribution in [0.25, 0.3) is 0 Å². The lowest BCUT2D eigenvalue weighted by Gasteiger charge is -2.71. The minimum absolute atomic E-state index is 0.00815. The quantitative estimate of drug-likeness (QED) is 0.409. The van der Waals surface area contributed by atoms with E-state index in [0.29, 0.717) is 24.2 Å². The van der Waals surface area contributed by atoms with Gasteiger partial charge < -0.3 is 20.4 Å². The molecule has 0 aromatic heterocycles. The summed E-state index contributed by atoms with van der Waals surface area (Å²) >= 11 is 0. The van der Waals surface area contributed by atoms with Crippen LogP contribution in [0, 0.1) is 56.7 Å². The average molecular weight is 489 g/mol. The second kappa shape index (κ2) is 7.80. The third-order valence-electron chi connectivity index (χ3n) is 13.5. The van der Waals surface area contributed by atoms with Crippen LogP contribution in [0.1, 0.15) is 92.9 Å². The fourth-order valence-electron chi connectivity index (χ4n) is 11.0. The van der Waals surface area contributed by atoms with Crippen LogP contribution in [0.3, 0.4) is 0 Å². The molecule has 5 nitrogen and oxygen atoms in total. The minimum Gasteiger partial charge on any atom is -0.481 e. The van der Waals surface area contributed by atoms with Crippen molar-refractivity contribution < 1.29 is 25.2 Å². The maximum Gasteiger partial charge on any atom is 0.310 e. The Morgan fingerprint density at radius 2 is 1.69 bits per heavy atom. The maximum absolute atomic E-state index is 12.8. The van der Waals surface area contributed by atoms with Crippen molar-refractivity contribution in [2.75, 3.05) is 6.61 Å². The molecule has 5 rings (SSSR count). The number of allylic oxidation sites excluding steroid dienone is 2. The molecule has 0 radical (unpaired) electrons. The van der Waals surface area contributed by atoms with E-state index in [1.165, 1.54) is 5.57 Å².